The molecule has 0 radical (unpaired) electrons. The first-order valence-electron chi connectivity index (χ1n) is 5.02. The van der Waals surface area contributed by atoms with E-state index < -0.39 is 11.5 Å². The number of carboxylic acids is 1. The van der Waals surface area contributed by atoms with Gasteiger partial charge >= 0.3 is 5.97 Å². The van der Waals surface area contributed by atoms with E-state index in [2.05, 4.69) is 5.32 Å². The van der Waals surface area contributed by atoms with Crippen LogP contribution < -0.4 is 5.32 Å². The highest BCUT2D eigenvalue weighted by Gasteiger charge is 2.28. The van der Waals surface area contributed by atoms with Crippen LogP contribution in [-0.4, -0.2) is 35.7 Å². The van der Waals surface area contributed by atoms with Gasteiger partial charge < -0.3 is 15.2 Å². The molecule has 0 rings (SSSR count). The number of hydrogen-bond donors (Lipinski definition) is 2. The molecule has 0 fully saturated rings. The summed E-state index contributed by atoms with van der Waals surface area (Å²) in [6.45, 7) is 5.94. The standard InChI is InChI=1S/C10H19NO4/c1-4-15-7-5-6-8(12)11-10(2,3)9(13)14/h4-7H2,1-3H3,(H,11,12)(H,13,14). The second-order valence-electron chi connectivity index (χ2n) is 3.78. The van der Waals surface area contributed by atoms with Crippen molar-refractivity contribution in [2.75, 3.05) is 13.2 Å². The second kappa shape index (κ2) is 6.40. The quantitative estimate of drug-likeness (QED) is 0.618. The number of carbonyl (C=O) groups excluding carboxylic acids is 1. The lowest BCUT2D eigenvalue weighted by atomic mass is 10.1. The van der Waals surface area contributed by atoms with Crippen molar-refractivity contribution >= 4 is 11.9 Å². The van der Waals surface area contributed by atoms with Crippen LogP contribution in [0.15, 0.2) is 0 Å². The molecule has 0 aromatic carbocycles. The molecule has 0 aliphatic heterocycles. The molecule has 5 heteroatoms. The lowest BCUT2D eigenvalue weighted by Crippen LogP contribution is -2.49. The number of amides is 1. The van der Waals surface area contributed by atoms with Crippen molar-refractivity contribution in [3.8, 4) is 0 Å². The number of aliphatic carboxylic acids is 1. The molecule has 0 atom stereocenters. The van der Waals surface area contributed by atoms with E-state index in [9.17, 15) is 9.59 Å². The summed E-state index contributed by atoms with van der Waals surface area (Å²) in [5.41, 5.74) is -1.21. The second-order valence-corrected chi connectivity index (χ2v) is 3.78. The third-order valence-corrected chi connectivity index (χ3v) is 1.88. The summed E-state index contributed by atoms with van der Waals surface area (Å²) < 4.78 is 5.07. The van der Waals surface area contributed by atoms with Gasteiger partial charge in [-0.05, 0) is 27.2 Å². The van der Waals surface area contributed by atoms with Crippen molar-refractivity contribution in [3.05, 3.63) is 0 Å². The lowest BCUT2D eigenvalue weighted by molar-refractivity contribution is -0.146. The molecule has 0 aromatic heterocycles. The first kappa shape index (κ1) is 13.9. The number of nitrogens with one attached hydrogen (secondary N) is 1. The number of carboxylic acid groups (broad SMARTS) is 1. The minimum atomic E-state index is -1.21. The summed E-state index contributed by atoms with van der Waals surface area (Å²) in [5.74, 6) is -1.30. The van der Waals surface area contributed by atoms with Crippen molar-refractivity contribution in [1.82, 2.24) is 5.32 Å². The van der Waals surface area contributed by atoms with Gasteiger partial charge in [0.1, 0.15) is 5.54 Å². The highest BCUT2D eigenvalue weighted by atomic mass is 16.5. The van der Waals surface area contributed by atoms with Gasteiger partial charge in [-0.15, -0.1) is 0 Å². The first-order valence-corrected chi connectivity index (χ1v) is 5.02. The zero-order valence-corrected chi connectivity index (χ0v) is 9.50. The molecule has 88 valence electrons. The molecule has 0 aliphatic rings. The summed E-state index contributed by atoms with van der Waals surface area (Å²) in [6.07, 6.45) is 0.895. The maximum absolute atomic E-state index is 11.3. The van der Waals surface area contributed by atoms with E-state index in [1.807, 2.05) is 6.92 Å². The molecule has 1 amide bonds. The molecule has 0 aromatic rings. The van der Waals surface area contributed by atoms with Gasteiger partial charge in [-0.1, -0.05) is 0 Å². The summed E-state index contributed by atoms with van der Waals surface area (Å²) in [6, 6.07) is 0. The fraction of sp³-hybridized carbons (Fsp3) is 0.800. The molecule has 0 aliphatic carbocycles. The molecule has 0 saturated heterocycles. The Bertz CT molecular complexity index is 225. The van der Waals surface area contributed by atoms with Gasteiger partial charge in [0.2, 0.25) is 5.91 Å². The van der Waals surface area contributed by atoms with Gasteiger partial charge in [-0.3, -0.25) is 4.79 Å². The van der Waals surface area contributed by atoms with Crippen molar-refractivity contribution < 1.29 is 19.4 Å². The fourth-order valence-corrected chi connectivity index (χ4v) is 0.944. The summed E-state index contributed by atoms with van der Waals surface area (Å²) in [5, 5.41) is 11.2. The third kappa shape index (κ3) is 6.06. The average molecular weight is 217 g/mol. The van der Waals surface area contributed by atoms with E-state index in [0.717, 1.165) is 0 Å². The SMILES string of the molecule is CCOCCCC(=O)NC(C)(C)C(=O)O. The molecular weight excluding hydrogens is 198 g/mol. The maximum atomic E-state index is 11.3. The van der Waals surface area contributed by atoms with Crippen LogP contribution in [0.3, 0.4) is 0 Å². The van der Waals surface area contributed by atoms with Gasteiger partial charge in [0, 0.05) is 19.6 Å². The largest absolute Gasteiger partial charge is 0.480 e. The molecule has 0 saturated carbocycles. The van der Waals surface area contributed by atoms with Crippen LogP contribution >= 0.6 is 0 Å². The van der Waals surface area contributed by atoms with Crippen LogP contribution in [0.4, 0.5) is 0 Å². The Labute approximate surface area is 89.8 Å². The predicted molar refractivity (Wildman–Crippen MR) is 55.6 cm³/mol. The average Bonchev–Trinajstić information content (AvgIpc) is 2.11. The monoisotopic (exact) mass is 217 g/mol. The van der Waals surface area contributed by atoms with E-state index in [-0.39, 0.29) is 12.3 Å². The molecule has 0 unspecified atom stereocenters. The van der Waals surface area contributed by atoms with Crippen molar-refractivity contribution in [1.29, 1.82) is 0 Å². The molecule has 15 heavy (non-hydrogen) atoms. The lowest BCUT2D eigenvalue weighted by Gasteiger charge is -2.20. The predicted octanol–water partition coefficient (Wildman–Crippen LogP) is 0.782. The summed E-state index contributed by atoms with van der Waals surface area (Å²) >= 11 is 0. The van der Waals surface area contributed by atoms with E-state index in [0.29, 0.717) is 19.6 Å². The van der Waals surface area contributed by atoms with Crippen LogP contribution in [-0.2, 0) is 14.3 Å². The Morgan fingerprint density at radius 2 is 2.00 bits per heavy atom. The maximum Gasteiger partial charge on any atom is 0.328 e. The minimum absolute atomic E-state index is 0.262. The molecule has 2 N–H and O–H groups in total. The molecule has 0 heterocycles. The van der Waals surface area contributed by atoms with Crippen LogP contribution in [0.1, 0.15) is 33.6 Å². The van der Waals surface area contributed by atoms with Crippen LogP contribution in [0.5, 0.6) is 0 Å². The molecular formula is C10H19NO4. The smallest absolute Gasteiger partial charge is 0.328 e. The van der Waals surface area contributed by atoms with E-state index in [1.54, 1.807) is 0 Å². The number of ether oxygens (including phenoxy) is 1. The summed E-state index contributed by atoms with van der Waals surface area (Å²) in [4.78, 5) is 22.0. The number of rotatable bonds is 7. The topological polar surface area (TPSA) is 75.6 Å². The zero-order valence-electron chi connectivity index (χ0n) is 9.50. The summed E-state index contributed by atoms with van der Waals surface area (Å²) in [7, 11) is 0. The fourth-order valence-electron chi connectivity index (χ4n) is 0.944. The van der Waals surface area contributed by atoms with Gasteiger partial charge in [-0.2, -0.15) is 0 Å². The van der Waals surface area contributed by atoms with Crippen molar-refractivity contribution in [2.45, 2.75) is 39.2 Å². The Morgan fingerprint density at radius 1 is 1.40 bits per heavy atom. The Morgan fingerprint density at radius 3 is 2.47 bits per heavy atom. The first-order chi connectivity index (χ1) is 6.90. The number of hydrogen-bond acceptors (Lipinski definition) is 3. The van der Waals surface area contributed by atoms with Gasteiger partial charge in [-0.25, -0.2) is 4.79 Å². The van der Waals surface area contributed by atoms with Crippen molar-refractivity contribution in [3.63, 3.8) is 0 Å². The molecule has 0 spiro atoms. The number of carbonyl (C=O) groups is 2. The minimum Gasteiger partial charge on any atom is -0.480 e. The third-order valence-electron chi connectivity index (χ3n) is 1.88. The normalized spacial score (nSPS) is 11.1. The highest BCUT2D eigenvalue weighted by molar-refractivity contribution is 5.86. The van der Waals surface area contributed by atoms with Crippen molar-refractivity contribution in [2.24, 2.45) is 0 Å². The molecule has 0 bridgehead atoms. The van der Waals surface area contributed by atoms with Gasteiger partial charge in [0.25, 0.3) is 0 Å². The Balaban J connectivity index is 3.79. The van der Waals surface area contributed by atoms with Crippen LogP contribution in [0.2, 0.25) is 0 Å². The van der Waals surface area contributed by atoms with Crippen LogP contribution in [0.25, 0.3) is 0 Å². The zero-order chi connectivity index (χ0) is 11.9. The van der Waals surface area contributed by atoms with E-state index in [4.69, 9.17) is 9.84 Å². The van der Waals surface area contributed by atoms with E-state index in [1.165, 1.54) is 13.8 Å². The Kier molecular flexibility index (Phi) is 5.93. The van der Waals surface area contributed by atoms with Gasteiger partial charge in [0.05, 0.1) is 0 Å². The van der Waals surface area contributed by atoms with E-state index >= 15 is 0 Å². The molecule has 5 nitrogen and oxygen atoms in total. The van der Waals surface area contributed by atoms with Gasteiger partial charge in [0.15, 0.2) is 0 Å². The Hall–Kier alpha value is -1.10. The van der Waals surface area contributed by atoms with Crippen LogP contribution in [0, 0.1) is 0 Å². The highest BCUT2D eigenvalue weighted by Crippen LogP contribution is 2.03.